The lowest BCUT2D eigenvalue weighted by Gasteiger charge is -2.25. The van der Waals surface area contributed by atoms with Gasteiger partial charge in [0.05, 0.1) is 11.2 Å². The molecule has 96 valence electrons. The number of halogens is 1. The van der Waals surface area contributed by atoms with Crippen LogP contribution in [0, 0.1) is 6.92 Å². The molecule has 4 heteroatoms. The maximum absolute atomic E-state index is 6.18. The van der Waals surface area contributed by atoms with Crippen molar-refractivity contribution < 1.29 is 0 Å². The van der Waals surface area contributed by atoms with Crippen LogP contribution in [0.4, 0.5) is 0 Å². The highest BCUT2D eigenvalue weighted by molar-refractivity contribution is 6.28. The highest BCUT2D eigenvalue weighted by atomic mass is 35.5. The first-order chi connectivity index (χ1) is 8.74. The van der Waals surface area contributed by atoms with Crippen LogP contribution in [-0.2, 0) is 6.54 Å². The highest BCUT2D eigenvalue weighted by Gasteiger charge is 2.15. The first kappa shape index (κ1) is 12.0. The van der Waals surface area contributed by atoms with E-state index in [4.69, 9.17) is 11.6 Å². The summed E-state index contributed by atoms with van der Waals surface area (Å²) in [6, 6.07) is 4.23. The summed E-state index contributed by atoms with van der Waals surface area (Å²) >= 11 is 6.18. The quantitative estimate of drug-likeness (QED) is 0.829. The molecule has 2 aromatic rings. The van der Waals surface area contributed by atoms with Crippen molar-refractivity contribution in [1.29, 1.82) is 0 Å². The molecule has 3 rings (SSSR count). The molecule has 0 unspecified atom stereocenters. The van der Waals surface area contributed by atoms with Crippen molar-refractivity contribution in [3.05, 3.63) is 34.9 Å². The van der Waals surface area contributed by atoms with Crippen LogP contribution in [0.3, 0.4) is 0 Å². The summed E-state index contributed by atoms with van der Waals surface area (Å²) in [6.07, 6.45) is 5.97. The van der Waals surface area contributed by atoms with E-state index >= 15 is 0 Å². The Bertz CT molecular complexity index is 555. The summed E-state index contributed by atoms with van der Waals surface area (Å²) in [5.41, 5.74) is 3.50. The molecule has 1 fully saturated rings. The Morgan fingerprint density at radius 1 is 1.28 bits per heavy atom. The van der Waals surface area contributed by atoms with E-state index in [2.05, 4.69) is 28.9 Å². The van der Waals surface area contributed by atoms with Gasteiger partial charge in [-0.2, -0.15) is 0 Å². The molecule has 0 spiro atoms. The molecular formula is C14H18ClN3. The largest absolute Gasteiger partial charge is 0.297 e. The lowest BCUT2D eigenvalue weighted by Crippen LogP contribution is -2.29. The molecule has 0 saturated carbocycles. The Balaban J connectivity index is 1.93. The Morgan fingerprint density at radius 3 is 2.83 bits per heavy atom. The fraction of sp³-hybridized carbons (Fsp3) is 0.500. The van der Waals surface area contributed by atoms with Gasteiger partial charge in [0.2, 0.25) is 5.28 Å². The minimum Gasteiger partial charge on any atom is -0.297 e. The lowest BCUT2D eigenvalue weighted by molar-refractivity contribution is 0.219. The molecule has 3 heterocycles. The van der Waals surface area contributed by atoms with E-state index in [0.717, 1.165) is 17.8 Å². The standard InChI is InChI=1S/C14H18ClN3/c1-11-5-8-18-13(9-11)12(16-14(18)15)10-17-6-3-2-4-7-17/h5,8-9H,2-4,6-7,10H2,1H3. The van der Waals surface area contributed by atoms with Gasteiger partial charge in [-0.05, 0) is 62.2 Å². The number of piperidine rings is 1. The van der Waals surface area contributed by atoms with Crippen LogP contribution < -0.4 is 0 Å². The second-order valence-electron chi connectivity index (χ2n) is 5.12. The zero-order valence-corrected chi connectivity index (χ0v) is 11.5. The van der Waals surface area contributed by atoms with Gasteiger partial charge in [-0.1, -0.05) is 6.42 Å². The average molecular weight is 264 g/mol. The molecule has 1 aliphatic heterocycles. The van der Waals surface area contributed by atoms with Crippen LogP contribution in [0.1, 0.15) is 30.5 Å². The molecule has 0 radical (unpaired) electrons. The molecule has 0 atom stereocenters. The molecule has 2 aromatic heterocycles. The van der Waals surface area contributed by atoms with Crippen molar-refractivity contribution in [3.8, 4) is 0 Å². The van der Waals surface area contributed by atoms with E-state index in [1.807, 2.05) is 10.6 Å². The number of hydrogen-bond donors (Lipinski definition) is 0. The number of aromatic nitrogens is 2. The number of nitrogens with zero attached hydrogens (tertiary/aromatic N) is 3. The molecule has 18 heavy (non-hydrogen) atoms. The third-order valence-electron chi connectivity index (χ3n) is 3.65. The van der Waals surface area contributed by atoms with Crippen molar-refractivity contribution in [2.45, 2.75) is 32.7 Å². The van der Waals surface area contributed by atoms with E-state index in [-0.39, 0.29) is 0 Å². The third kappa shape index (κ3) is 2.25. The lowest BCUT2D eigenvalue weighted by atomic mass is 10.1. The zero-order chi connectivity index (χ0) is 12.5. The monoisotopic (exact) mass is 263 g/mol. The van der Waals surface area contributed by atoms with Gasteiger partial charge in [-0.3, -0.25) is 9.30 Å². The fourth-order valence-electron chi connectivity index (χ4n) is 2.66. The minimum absolute atomic E-state index is 0.567. The number of likely N-dealkylation sites (tertiary alicyclic amines) is 1. The van der Waals surface area contributed by atoms with Crippen LogP contribution >= 0.6 is 11.6 Å². The average Bonchev–Trinajstić information content (AvgIpc) is 2.67. The Kier molecular flexibility index (Phi) is 3.27. The molecule has 0 N–H and O–H groups in total. The first-order valence-corrected chi connectivity index (χ1v) is 6.97. The Morgan fingerprint density at radius 2 is 2.06 bits per heavy atom. The second-order valence-corrected chi connectivity index (χ2v) is 5.46. The molecule has 1 saturated heterocycles. The number of rotatable bonds is 2. The normalized spacial score (nSPS) is 17.4. The summed E-state index contributed by atoms with van der Waals surface area (Å²) in [6.45, 7) is 5.39. The van der Waals surface area contributed by atoms with Crippen LogP contribution in [0.5, 0.6) is 0 Å². The molecule has 0 aliphatic carbocycles. The Labute approximate surface area is 112 Å². The summed E-state index contributed by atoms with van der Waals surface area (Å²) < 4.78 is 1.97. The fourth-order valence-corrected chi connectivity index (χ4v) is 2.91. The van der Waals surface area contributed by atoms with Gasteiger partial charge in [0.1, 0.15) is 0 Å². The van der Waals surface area contributed by atoms with Gasteiger partial charge in [-0.25, -0.2) is 4.98 Å². The van der Waals surface area contributed by atoms with Crippen LogP contribution in [0.15, 0.2) is 18.3 Å². The smallest absolute Gasteiger partial charge is 0.207 e. The van der Waals surface area contributed by atoms with Crippen LogP contribution in [0.25, 0.3) is 5.52 Å². The van der Waals surface area contributed by atoms with Crippen molar-refractivity contribution >= 4 is 17.1 Å². The van der Waals surface area contributed by atoms with Gasteiger partial charge in [0, 0.05) is 12.7 Å². The van der Waals surface area contributed by atoms with Crippen molar-refractivity contribution in [1.82, 2.24) is 14.3 Å². The summed E-state index contributed by atoms with van der Waals surface area (Å²) in [7, 11) is 0. The first-order valence-electron chi connectivity index (χ1n) is 6.59. The summed E-state index contributed by atoms with van der Waals surface area (Å²) in [4.78, 5) is 6.99. The molecule has 0 amide bonds. The number of aryl methyl sites for hydroxylation is 1. The van der Waals surface area contributed by atoms with Gasteiger partial charge in [0.25, 0.3) is 0 Å². The second kappa shape index (κ2) is 4.90. The SMILES string of the molecule is Cc1ccn2c(Cl)nc(CN3CCCCC3)c2c1. The van der Waals surface area contributed by atoms with E-state index in [1.165, 1.54) is 37.9 Å². The Hall–Kier alpha value is -1.06. The minimum atomic E-state index is 0.567. The van der Waals surface area contributed by atoms with Crippen molar-refractivity contribution in [2.75, 3.05) is 13.1 Å². The van der Waals surface area contributed by atoms with Crippen LogP contribution in [0.2, 0.25) is 5.28 Å². The van der Waals surface area contributed by atoms with Crippen molar-refractivity contribution in [2.24, 2.45) is 0 Å². The molecule has 1 aliphatic rings. The highest BCUT2D eigenvalue weighted by Crippen LogP contribution is 2.21. The maximum Gasteiger partial charge on any atom is 0.207 e. The van der Waals surface area contributed by atoms with E-state index in [1.54, 1.807) is 0 Å². The van der Waals surface area contributed by atoms with Gasteiger partial charge in [-0.15, -0.1) is 0 Å². The number of pyridine rings is 1. The van der Waals surface area contributed by atoms with Crippen LogP contribution in [-0.4, -0.2) is 27.4 Å². The number of fused-ring (bicyclic) bond motifs is 1. The predicted molar refractivity (Wildman–Crippen MR) is 74.1 cm³/mol. The maximum atomic E-state index is 6.18. The van der Waals surface area contributed by atoms with Gasteiger partial charge in [0.15, 0.2) is 0 Å². The number of hydrogen-bond acceptors (Lipinski definition) is 2. The van der Waals surface area contributed by atoms with E-state index in [9.17, 15) is 0 Å². The molecule has 0 aromatic carbocycles. The molecular weight excluding hydrogens is 246 g/mol. The molecule has 3 nitrogen and oxygen atoms in total. The van der Waals surface area contributed by atoms with E-state index < -0.39 is 0 Å². The topological polar surface area (TPSA) is 20.5 Å². The zero-order valence-electron chi connectivity index (χ0n) is 10.7. The number of imidazole rings is 1. The summed E-state index contributed by atoms with van der Waals surface area (Å²) in [5, 5.41) is 0.567. The predicted octanol–water partition coefficient (Wildman–Crippen LogP) is 3.28. The van der Waals surface area contributed by atoms with E-state index in [0.29, 0.717) is 5.28 Å². The van der Waals surface area contributed by atoms with Crippen molar-refractivity contribution in [3.63, 3.8) is 0 Å². The third-order valence-corrected chi connectivity index (χ3v) is 3.92. The van der Waals surface area contributed by atoms with Gasteiger partial charge < -0.3 is 0 Å². The van der Waals surface area contributed by atoms with Gasteiger partial charge >= 0.3 is 0 Å². The summed E-state index contributed by atoms with van der Waals surface area (Å²) in [5.74, 6) is 0. The molecule has 0 bridgehead atoms.